The number of rotatable bonds is 4. The fourth-order valence-corrected chi connectivity index (χ4v) is 5.46. The largest absolute Gasteiger partial charge is 0.334 e. The van der Waals surface area contributed by atoms with E-state index in [9.17, 15) is 13.2 Å². The number of imidazole rings is 1. The van der Waals surface area contributed by atoms with Crippen LogP contribution in [0.25, 0.3) is 0 Å². The summed E-state index contributed by atoms with van der Waals surface area (Å²) < 4.78 is 29.3. The third-order valence-corrected chi connectivity index (χ3v) is 7.42. The Labute approximate surface area is 166 Å². The summed E-state index contributed by atoms with van der Waals surface area (Å²) in [4.78, 5) is 19.1. The second kappa shape index (κ2) is 7.33. The molecular weight excluding hydrogens is 376 g/mol. The van der Waals surface area contributed by atoms with E-state index >= 15 is 0 Å². The van der Waals surface area contributed by atoms with Crippen molar-refractivity contribution in [3.8, 4) is 0 Å². The first-order valence-corrected chi connectivity index (χ1v) is 11.2. The summed E-state index contributed by atoms with van der Waals surface area (Å²) in [5, 5.41) is 0.0563. The first-order chi connectivity index (χ1) is 13.4. The first kappa shape index (κ1) is 19.1. The Hall–Kier alpha value is -2.19. The Morgan fingerprint density at radius 1 is 1.21 bits per heavy atom. The average molecular weight is 403 g/mol. The third kappa shape index (κ3) is 3.35. The van der Waals surface area contributed by atoms with Crippen LogP contribution in [0.3, 0.4) is 0 Å². The van der Waals surface area contributed by atoms with Gasteiger partial charge in [-0.2, -0.15) is 4.31 Å². The molecule has 1 aromatic carbocycles. The van der Waals surface area contributed by atoms with Gasteiger partial charge in [0.25, 0.3) is 10.0 Å². The number of piperidine rings is 1. The number of carbonyl (C=O) groups excluding carboxylic acids is 1. The van der Waals surface area contributed by atoms with E-state index in [0.29, 0.717) is 25.9 Å². The molecule has 0 spiro atoms. The lowest BCUT2D eigenvalue weighted by molar-refractivity contribution is -0.123. The lowest BCUT2D eigenvalue weighted by Crippen LogP contribution is -2.46. The Morgan fingerprint density at radius 3 is 2.75 bits per heavy atom. The Morgan fingerprint density at radius 2 is 2.00 bits per heavy atom. The van der Waals surface area contributed by atoms with E-state index in [2.05, 4.69) is 4.98 Å². The van der Waals surface area contributed by atoms with Gasteiger partial charge in [-0.25, -0.2) is 13.4 Å². The zero-order valence-corrected chi connectivity index (χ0v) is 17.1. The number of fused-ring (bicyclic) bond motifs is 1. The molecule has 1 fully saturated rings. The fraction of sp³-hybridized carbons (Fsp3) is 0.500. The lowest BCUT2D eigenvalue weighted by atomic mass is 9.98. The molecule has 0 bridgehead atoms. The van der Waals surface area contributed by atoms with Crippen molar-refractivity contribution in [1.82, 2.24) is 13.9 Å². The molecular formula is C20H26N4O3S. The van der Waals surface area contributed by atoms with Crippen molar-refractivity contribution in [1.29, 1.82) is 0 Å². The smallest absolute Gasteiger partial charge is 0.262 e. The summed E-state index contributed by atoms with van der Waals surface area (Å²) in [6, 6.07) is 8.08. The van der Waals surface area contributed by atoms with Gasteiger partial charge in [0.05, 0.1) is 12.2 Å². The Kier molecular flexibility index (Phi) is 5.01. The van der Waals surface area contributed by atoms with Crippen LogP contribution in [-0.4, -0.2) is 47.8 Å². The van der Waals surface area contributed by atoms with Crippen molar-refractivity contribution in [2.75, 3.05) is 24.5 Å². The summed E-state index contributed by atoms with van der Waals surface area (Å²) in [5.41, 5.74) is 2.14. The quantitative estimate of drug-likeness (QED) is 0.787. The Bertz CT molecular complexity index is 983. The number of sulfonamides is 1. The highest BCUT2D eigenvalue weighted by atomic mass is 32.2. The number of carbonyl (C=O) groups is 1. The molecule has 1 atom stereocenters. The maximum absolute atomic E-state index is 13.2. The van der Waals surface area contributed by atoms with E-state index in [1.807, 2.05) is 43.0 Å². The number of benzene rings is 1. The van der Waals surface area contributed by atoms with Crippen molar-refractivity contribution in [2.24, 2.45) is 5.92 Å². The summed E-state index contributed by atoms with van der Waals surface area (Å²) in [6.07, 6.45) is 5.36. The SMILES string of the molecule is CC(C)n1cnc(S(=O)(=O)N2CCC[C@@H](C(=O)N3CCc4ccccc43)C2)c1. The van der Waals surface area contributed by atoms with Gasteiger partial charge in [0.15, 0.2) is 5.03 Å². The van der Waals surface area contributed by atoms with Crippen molar-refractivity contribution in [2.45, 2.75) is 44.2 Å². The number of para-hydroxylation sites is 1. The van der Waals surface area contributed by atoms with Gasteiger partial charge in [0.1, 0.15) is 0 Å². The van der Waals surface area contributed by atoms with Gasteiger partial charge in [0, 0.05) is 37.6 Å². The molecule has 0 saturated carbocycles. The Balaban J connectivity index is 1.52. The molecule has 2 aliphatic rings. The van der Waals surface area contributed by atoms with Gasteiger partial charge in [-0.15, -0.1) is 0 Å². The predicted molar refractivity (Wildman–Crippen MR) is 107 cm³/mol. The molecule has 1 saturated heterocycles. The van der Waals surface area contributed by atoms with Crippen LogP contribution in [0.15, 0.2) is 41.8 Å². The first-order valence-electron chi connectivity index (χ1n) is 9.81. The van der Waals surface area contributed by atoms with Gasteiger partial charge in [0.2, 0.25) is 5.91 Å². The van der Waals surface area contributed by atoms with E-state index in [1.165, 1.54) is 9.87 Å². The van der Waals surface area contributed by atoms with Gasteiger partial charge in [-0.1, -0.05) is 18.2 Å². The zero-order chi connectivity index (χ0) is 19.9. The molecule has 1 amide bonds. The van der Waals surface area contributed by atoms with Crippen LogP contribution in [0, 0.1) is 5.92 Å². The number of anilines is 1. The number of aromatic nitrogens is 2. The standard InChI is InChI=1S/C20H26N4O3S/c1-15(2)22-13-19(21-14-22)28(26,27)23-10-5-7-17(12-23)20(25)24-11-9-16-6-3-4-8-18(16)24/h3-4,6,8,13-15,17H,5,7,9-12H2,1-2H3/t17-/m1/s1. The van der Waals surface area contributed by atoms with Crippen LogP contribution in [0.1, 0.15) is 38.3 Å². The molecule has 1 aromatic heterocycles. The number of hydrogen-bond donors (Lipinski definition) is 0. The molecule has 7 nitrogen and oxygen atoms in total. The van der Waals surface area contributed by atoms with Gasteiger partial charge in [-0.3, -0.25) is 4.79 Å². The van der Waals surface area contributed by atoms with Crippen LogP contribution in [-0.2, 0) is 21.2 Å². The van der Waals surface area contributed by atoms with Crippen molar-refractivity contribution in [3.63, 3.8) is 0 Å². The second-order valence-corrected chi connectivity index (χ2v) is 9.71. The summed E-state index contributed by atoms with van der Waals surface area (Å²) in [5.74, 6) is -0.292. The molecule has 2 aromatic rings. The van der Waals surface area contributed by atoms with E-state index in [4.69, 9.17) is 0 Å². The highest BCUT2D eigenvalue weighted by Gasteiger charge is 2.37. The van der Waals surface area contributed by atoms with E-state index in [0.717, 1.165) is 12.1 Å². The molecule has 8 heteroatoms. The molecule has 4 rings (SSSR count). The molecule has 28 heavy (non-hydrogen) atoms. The molecule has 0 unspecified atom stereocenters. The van der Waals surface area contributed by atoms with E-state index in [1.54, 1.807) is 17.1 Å². The van der Waals surface area contributed by atoms with Crippen LogP contribution in [0.5, 0.6) is 0 Å². The molecule has 150 valence electrons. The van der Waals surface area contributed by atoms with Crippen LogP contribution < -0.4 is 4.90 Å². The highest BCUT2D eigenvalue weighted by molar-refractivity contribution is 7.89. The van der Waals surface area contributed by atoms with E-state index < -0.39 is 10.0 Å². The fourth-order valence-electron chi connectivity index (χ4n) is 4.02. The summed E-state index contributed by atoms with van der Waals surface area (Å²) in [7, 11) is -3.69. The summed E-state index contributed by atoms with van der Waals surface area (Å²) >= 11 is 0. The monoisotopic (exact) mass is 402 g/mol. The van der Waals surface area contributed by atoms with Gasteiger partial charge >= 0.3 is 0 Å². The van der Waals surface area contributed by atoms with Crippen LogP contribution in [0.4, 0.5) is 5.69 Å². The highest BCUT2D eigenvalue weighted by Crippen LogP contribution is 2.31. The van der Waals surface area contributed by atoms with Crippen molar-refractivity contribution in [3.05, 3.63) is 42.4 Å². The number of amides is 1. The summed E-state index contributed by atoms with van der Waals surface area (Å²) in [6.45, 7) is 5.26. The van der Waals surface area contributed by atoms with Crippen LogP contribution in [0.2, 0.25) is 0 Å². The van der Waals surface area contributed by atoms with Crippen molar-refractivity contribution < 1.29 is 13.2 Å². The number of hydrogen-bond acceptors (Lipinski definition) is 4. The minimum Gasteiger partial charge on any atom is -0.334 e. The van der Waals surface area contributed by atoms with E-state index in [-0.39, 0.29) is 29.4 Å². The topological polar surface area (TPSA) is 75.5 Å². The van der Waals surface area contributed by atoms with Crippen LogP contribution >= 0.6 is 0 Å². The second-order valence-electron chi connectivity index (χ2n) is 7.82. The zero-order valence-electron chi connectivity index (χ0n) is 16.3. The van der Waals surface area contributed by atoms with Crippen molar-refractivity contribution >= 4 is 21.6 Å². The maximum Gasteiger partial charge on any atom is 0.262 e. The molecule has 0 aliphatic carbocycles. The minimum absolute atomic E-state index is 0.0255. The molecule has 0 N–H and O–H groups in total. The molecule has 3 heterocycles. The maximum atomic E-state index is 13.2. The predicted octanol–water partition coefficient (Wildman–Crippen LogP) is 2.45. The van der Waals surface area contributed by atoms with Gasteiger partial charge < -0.3 is 9.47 Å². The average Bonchev–Trinajstić information content (AvgIpc) is 3.35. The normalized spacial score (nSPS) is 20.5. The minimum atomic E-state index is -3.69. The molecule has 2 aliphatic heterocycles. The third-order valence-electron chi connectivity index (χ3n) is 5.66. The number of nitrogens with zero attached hydrogens (tertiary/aromatic N) is 4. The van der Waals surface area contributed by atoms with Gasteiger partial charge in [-0.05, 0) is 44.7 Å². The molecule has 0 radical (unpaired) electrons. The lowest BCUT2D eigenvalue weighted by Gasteiger charge is -2.33.